The molecule has 1 saturated heterocycles. The van der Waals surface area contributed by atoms with Crippen LogP contribution in [0.5, 0.6) is 0 Å². The molecule has 1 fully saturated rings. The molecule has 4 rings (SSSR count). The maximum absolute atomic E-state index is 13.1. The minimum Gasteiger partial charge on any atom is -0.381 e. The summed E-state index contributed by atoms with van der Waals surface area (Å²) < 4.78 is 7.32. The van der Waals surface area contributed by atoms with Crippen molar-refractivity contribution in [3.63, 3.8) is 0 Å². The van der Waals surface area contributed by atoms with Gasteiger partial charge in [0.25, 0.3) is 5.91 Å². The highest BCUT2D eigenvalue weighted by atomic mass is 16.5. The van der Waals surface area contributed by atoms with Gasteiger partial charge in [0.2, 0.25) is 0 Å². The number of hydrogen-bond donors (Lipinski definition) is 0. The maximum atomic E-state index is 13.1. The lowest BCUT2D eigenvalue weighted by Gasteiger charge is -2.31. The first kappa shape index (κ1) is 18.4. The molecule has 1 aliphatic heterocycles. The zero-order chi connectivity index (χ0) is 19.3. The van der Waals surface area contributed by atoms with Crippen LogP contribution in [0.1, 0.15) is 28.8 Å². The van der Waals surface area contributed by atoms with Crippen LogP contribution >= 0.6 is 0 Å². The standard InChI is InChI=1S/C23H25N3O2/c1-28-20-11-15-25(16-12-20)23(27)22-6-3-2-5-21(22)19-9-7-18(8-10-19)17-26-14-4-13-24-26/h2-10,13-14,20H,11-12,15-17H2,1H3. The Morgan fingerprint density at radius 2 is 1.82 bits per heavy atom. The van der Waals surface area contributed by atoms with E-state index in [9.17, 15) is 4.79 Å². The van der Waals surface area contributed by atoms with Crippen molar-refractivity contribution < 1.29 is 9.53 Å². The lowest BCUT2D eigenvalue weighted by molar-refractivity contribution is 0.0351. The molecule has 0 radical (unpaired) electrons. The van der Waals surface area contributed by atoms with Crippen LogP contribution in [0.3, 0.4) is 0 Å². The fourth-order valence-corrected chi connectivity index (χ4v) is 3.76. The molecule has 0 N–H and O–H groups in total. The van der Waals surface area contributed by atoms with Gasteiger partial charge in [0.15, 0.2) is 0 Å². The molecule has 5 heteroatoms. The molecule has 0 saturated carbocycles. The number of rotatable bonds is 5. The highest BCUT2D eigenvalue weighted by molar-refractivity contribution is 6.01. The molecule has 1 aliphatic rings. The minimum atomic E-state index is 0.103. The topological polar surface area (TPSA) is 47.4 Å². The summed E-state index contributed by atoms with van der Waals surface area (Å²) in [4.78, 5) is 15.1. The summed E-state index contributed by atoms with van der Waals surface area (Å²) in [5.74, 6) is 0.103. The summed E-state index contributed by atoms with van der Waals surface area (Å²) in [6.45, 7) is 2.23. The van der Waals surface area contributed by atoms with Gasteiger partial charge >= 0.3 is 0 Å². The number of aromatic nitrogens is 2. The predicted molar refractivity (Wildman–Crippen MR) is 109 cm³/mol. The smallest absolute Gasteiger partial charge is 0.254 e. The van der Waals surface area contributed by atoms with Gasteiger partial charge in [-0.05, 0) is 41.7 Å². The number of amides is 1. The molecule has 1 aromatic heterocycles. The molecular formula is C23H25N3O2. The van der Waals surface area contributed by atoms with Crippen LogP contribution in [-0.2, 0) is 11.3 Å². The van der Waals surface area contributed by atoms with Crippen LogP contribution in [0.4, 0.5) is 0 Å². The van der Waals surface area contributed by atoms with Gasteiger partial charge < -0.3 is 9.64 Å². The third-order valence-electron chi connectivity index (χ3n) is 5.39. The van der Waals surface area contributed by atoms with Crippen molar-refractivity contribution in [2.75, 3.05) is 20.2 Å². The Labute approximate surface area is 165 Å². The zero-order valence-corrected chi connectivity index (χ0v) is 16.1. The summed E-state index contributed by atoms with van der Waals surface area (Å²) in [6, 6.07) is 18.2. The average molecular weight is 375 g/mol. The number of benzene rings is 2. The van der Waals surface area contributed by atoms with Crippen molar-refractivity contribution in [1.82, 2.24) is 14.7 Å². The average Bonchev–Trinajstić information content (AvgIpc) is 3.27. The Bertz CT molecular complexity index is 911. The number of ether oxygens (including phenoxy) is 1. The molecule has 3 aromatic rings. The Hall–Kier alpha value is -2.92. The Balaban J connectivity index is 1.53. The van der Waals surface area contributed by atoms with Crippen molar-refractivity contribution in [2.45, 2.75) is 25.5 Å². The van der Waals surface area contributed by atoms with Crippen molar-refractivity contribution >= 4 is 5.91 Å². The Morgan fingerprint density at radius 3 is 2.50 bits per heavy atom. The van der Waals surface area contributed by atoms with E-state index in [0.29, 0.717) is 0 Å². The van der Waals surface area contributed by atoms with E-state index in [0.717, 1.165) is 49.2 Å². The number of carbonyl (C=O) groups is 1. The third-order valence-corrected chi connectivity index (χ3v) is 5.39. The molecule has 1 amide bonds. The van der Waals surface area contributed by atoms with Crippen LogP contribution in [0, 0.1) is 0 Å². The van der Waals surface area contributed by atoms with Crippen LogP contribution in [0.25, 0.3) is 11.1 Å². The molecule has 0 bridgehead atoms. The van der Waals surface area contributed by atoms with Crippen LogP contribution in [0.2, 0.25) is 0 Å². The lowest BCUT2D eigenvalue weighted by Crippen LogP contribution is -2.40. The number of carbonyl (C=O) groups excluding carboxylic acids is 1. The van der Waals surface area contributed by atoms with E-state index in [1.165, 1.54) is 5.56 Å². The normalized spacial score (nSPS) is 15.0. The van der Waals surface area contributed by atoms with Gasteiger partial charge in [0.05, 0.1) is 12.6 Å². The Morgan fingerprint density at radius 1 is 1.07 bits per heavy atom. The quantitative estimate of drug-likeness (QED) is 0.681. The summed E-state index contributed by atoms with van der Waals surface area (Å²) in [6.07, 6.45) is 5.79. The molecule has 28 heavy (non-hydrogen) atoms. The first-order valence-electron chi connectivity index (χ1n) is 9.72. The Kier molecular flexibility index (Phi) is 5.53. The van der Waals surface area contributed by atoms with Gasteiger partial charge in [-0.2, -0.15) is 5.10 Å². The van der Waals surface area contributed by atoms with Gasteiger partial charge in [-0.1, -0.05) is 42.5 Å². The largest absolute Gasteiger partial charge is 0.381 e. The maximum Gasteiger partial charge on any atom is 0.254 e. The molecule has 0 spiro atoms. The van der Waals surface area contributed by atoms with E-state index >= 15 is 0 Å². The molecule has 5 nitrogen and oxygen atoms in total. The fourth-order valence-electron chi connectivity index (χ4n) is 3.76. The van der Waals surface area contributed by atoms with E-state index in [-0.39, 0.29) is 12.0 Å². The van der Waals surface area contributed by atoms with Gasteiger partial charge in [-0.15, -0.1) is 0 Å². The van der Waals surface area contributed by atoms with Crippen LogP contribution in [-0.4, -0.2) is 46.9 Å². The van der Waals surface area contributed by atoms with Crippen molar-refractivity contribution in [3.05, 3.63) is 78.1 Å². The van der Waals surface area contributed by atoms with E-state index in [2.05, 4.69) is 29.4 Å². The first-order chi connectivity index (χ1) is 13.7. The summed E-state index contributed by atoms with van der Waals surface area (Å²) in [7, 11) is 1.74. The third kappa shape index (κ3) is 3.99. The summed E-state index contributed by atoms with van der Waals surface area (Å²) in [5, 5.41) is 4.25. The van der Waals surface area contributed by atoms with E-state index < -0.39 is 0 Å². The fraction of sp³-hybridized carbons (Fsp3) is 0.304. The number of piperidine rings is 1. The minimum absolute atomic E-state index is 0.103. The monoisotopic (exact) mass is 375 g/mol. The van der Waals surface area contributed by atoms with Crippen LogP contribution < -0.4 is 0 Å². The molecule has 2 aromatic carbocycles. The second kappa shape index (κ2) is 8.40. The highest BCUT2D eigenvalue weighted by Gasteiger charge is 2.25. The molecule has 0 atom stereocenters. The SMILES string of the molecule is COC1CCN(C(=O)c2ccccc2-c2ccc(Cn3cccn3)cc2)CC1. The van der Waals surface area contributed by atoms with E-state index in [4.69, 9.17) is 4.74 Å². The van der Waals surface area contributed by atoms with Crippen molar-refractivity contribution in [1.29, 1.82) is 0 Å². The number of methoxy groups -OCH3 is 1. The summed E-state index contributed by atoms with van der Waals surface area (Å²) >= 11 is 0. The zero-order valence-electron chi connectivity index (χ0n) is 16.1. The predicted octanol–water partition coefficient (Wildman–Crippen LogP) is 3.85. The number of nitrogens with zero attached hydrogens (tertiary/aromatic N) is 3. The number of likely N-dealkylation sites (tertiary alicyclic amines) is 1. The van der Waals surface area contributed by atoms with Crippen molar-refractivity contribution in [2.24, 2.45) is 0 Å². The second-order valence-corrected chi connectivity index (χ2v) is 7.17. The van der Waals surface area contributed by atoms with Gasteiger partial charge in [-0.3, -0.25) is 9.48 Å². The molecule has 2 heterocycles. The van der Waals surface area contributed by atoms with Crippen LogP contribution in [0.15, 0.2) is 67.0 Å². The first-order valence-corrected chi connectivity index (χ1v) is 9.72. The van der Waals surface area contributed by atoms with E-state index in [1.807, 2.05) is 46.1 Å². The van der Waals surface area contributed by atoms with Crippen molar-refractivity contribution in [3.8, 4) is 11.1 Å². The van der Waals surface area contributed by atoms with Gasteiger partial charge in [0, 0.05) is 38.2 Å². The highest BCUT2D eigenvalue weighted by Crippen LogP contribution is 2.26. The van der Waals surface area contributed by atoms with Gasteiger partial charge in [-0.25, -0.2) is 0 Å². The molecule has 144 valence electrons. The van der Waals surface area contributed by atoms with Gasteiger partial charge in [0.1, 0.15) is 0 Å². The second-order valence-electron chi connectivity index (χ2n) is 7.17. The molecule has 0 unspecified atom stereocenters. The molecule has 0 aliphatic carbocycles. The summed E-state index contributed by atoms with van der Waals surface area (Å²) in [5.41, 5.74) is 3.98. The molecular weight excluding hydrogens is 350 g/mol. The number of hydrogen-bond acceptors (Lipinski definition) is 3. The lowest BCUT2D eigenvalue weighted by atomic mass is 9.97. The van der Waals surface area contributed by atoms with E-state index in [1.54, 1.807) is 13.3 Å².